The first-order chi connectivity index (χ1) is 12.0. The van der Waals surface area contributed by atoms with E-state index in [4.69, 9.17) is 9.84 Å². The Hall–Kier alpha value is -2.66. The van der Waals surface area contributed by atoms with Crippen LogP contribution in [0.3, 0.4) is 0 Å². The second kappa shape index (κ2) is 7.49. The van der Waals surface area contributed by atoms with Gasteiger partial charge >= 0.3 is 5.97 Å². The Kier molecular flexibility index (Phi) is 5.14. The molecule has 0 spiro atoms. The van der Waals surface area contributed by atoms with E-state index in [0.29, 0.717) is 18.3 Å². The molecule has 3 rings (SSSR count). The maximum Gasteiger partial charge on any atom is 0.335 e. The molecule has 4 nitrogen and oxygen atoms in total. The quantitative estimate of drug-likeness (QED) is 0.661. The van der Waals surface area contributed by atoms with Crippen molar-refractivity contribution < 1.29 is 14.6 Å². The summed E-state index contributed by atoms with van der Waals surface area (Å²) < 4.78 is 5.67. The SMILES string of the molecule is CC(C)c1ccc(-c2csc(COc3cccc(C(=O)O)c3)n2)cc1. The number of carbonyl (C=O) groups is 1. The molecule has 1 aromatic heterocycles. The summed E-state index contributed by atoms with van der Waals surface area (Å²) in [6.07, 6.45) is 0. The van der Waals surface area contributed by atoms with Crippen molar-refractivity contribution in [2.75, 3.05) is 0 Å². The van der Waals surface area contributed by atoms with Gasteiger partial charge < -0.3 is 9.84 Å². The van der Waals surface area contributed by atoms with E-state index in [1.165, 1.54) is 29.0 Å². The van der Waals surface area contributed by atoms with Crippen LogP contribution in [-0.2, 0) is 6.61 Å². The zero-order chi connectivity index (χ0) is 17.8. The first-order valence-electron chi connectivity index (χ1n) is 8.04. The minimum absolute atomic E-state index is 0.211. The lowest BCUT2D eigenvalue weighted by Crippen LogP contribution is -1.99. The fourth-order valence-electron chi connectivity index (χ4n) is 2.41. The van der Waals surface area contributed by atoms with Gasteiger partial charge in [0.25, 0.3) is 0 Å². The molecule has 128 valence electrons. The molecule has 0 atom stereocenters. The van der Waals surface area contributed by atoms with Crippen LogP contribution in [-0.4, -0.2) is 16.1 Å². The molecule has 0 amide bonds. The van der Waals surface area contributed by atoms with Gasteiger partial charge in [-0.25, -0.2) is 9.78 Å². The molecule has 0 aliphatic carbocycles. The molecule has 0 bridgehead atoms. The number of benzene rings is 2. The van der Waals surface area contributed by atoms with Crippen LogP contribution in [0.5, 0.6) is 5.75 Å². The van der Waals surface area contributed by atoms with Crippen molar-refractivity contribution in [3.8, 4) is 17.0 Å². The van der Waals surface area contributed by atoms with Crippen LogP contribution in [0.4, 0.5) is 0 Å². The number of carboxylic acids is 1. The molecule has 0 saturated carbocycles. The fraction of sp³-hybridized carbons (Fsp3) is 0.200. The molecule has 2 aromatic carbocycles. The lowest BCUT2D eigenvalue weighted by molar-refractivity contribution is 0.0696. The summed E-state index contributed by atoms with van der Waals surface area (Å²) in [4.78, 5) is 15.6. The van der Waals surface area contributed by atoms with Gasteiger partial charge in [-0.05, 0) is 29.7 Å². The van der Waals surface area contributed by atoms with Gasteiger partial charge in [-0.2, -0.15) is 0 Å². The number of hydrogen-bond acceptors (Lipinski definition) is 4. The van der Waals surface area contributed by atoms with Crippen molar-refractivity contribution in [3.63, 3.8) is 0 Å². The Bertz CT molecular complexity index is 869. The fourth-order valence-corrected chi connectivity index (χ4v) is 3.13. The van der Waals surface area contributed by atoms with Crippen molar-refractivity contribution in [1.82, 2.24) is 4.98 Å². The average molecular weight is 353 g/mol. The van der Waals surface area contributed by atoms with E-state index in [1.807, 2.05) is 5.38 Å². The minimum Gasteiger partial charge on any atom is -0.486 e. The van der Waals surface area contributed by atoms with Gasteiger partial charge in [0.2, 0.25) is 0 Å². The van der Waals surface area contributed by atoms with Gasteiger partial charge in [0.15, 0.2) is 0 Å². The minimum atomic E-state index is -0.966. The molecule has 1 N–H and O–H groups in total. The summed E-state index contributed by atoms with van der Waals surface area (Å²) in [6.45, 7) is 4.66. The summed E-state index contributed by atoms with van der Waals surface area (Å²) in [6, 6.07) is 14.9. The normalized spacial score (nSPS) is 10.8. The summed E-state index contributed by atoms with van der Waals surface area (Å²) in [5.74, 6) is 0.0692. The summed E-state index contributed by atoms with van der Waals surface area (Å²) >= 11 is 1.53. The Morgan fingerprint density at radius 3 is 2.64 bits per heavy atom. The topological polar surface area (TPSA) is 59.4 Å². The molecule has 25 heavy (non-hydrogen) atoms. The van der Waals surface area contributed by atoms with E-state index in [1.54, 1.807) is 12.1 Å². The van der Waals surface area contributed by atoms with Crippen molar-refractivity contribution in [2.24, 2.45) is 0 Å². The monoisotopic (exact) mass is 353 g/mol. The predicted octanol–water partition coefficient (Wildman–Crippen LogP) is 5.21. The maximum atomic E-state index is 11.0. The predicted molar refractivity (Wildman–Crippen MR) is 99.4 cm³/mol. The lowest BCUT2D eigenvalue weighted by Gasteiger charge is -2.06. The largest absolute Gasteiger partial charge is 0.486 e. The molecule has 5 heteroatoms. The summed E-state index contributed by atoms with van der Waals surface area (Å²) in [7, 11) is 0. The molecule has 0 aliphatic heterocycles. The van der Waals surface area contributed by atoms with Crippen LogP contribution in [0.1, 0.15) is 40.7 Å². The third kappa shape index (κ3) is 4.25. The Morgan fingerprint density at radius 1 is 1.20 bits per heavy atom. The van der Waals surface area contributed by atoms with Gasteiger partial charge in [0, 0.05) is 10.9 Å². The van der Waals surface area contributed by atoms with Crippen molar-refractivity contribution in [2.45, 2.75) is 26.4 Å². The average Bonchev–Trinajstić information content (AvgIpc) is 3.09. The summed E-state index contributed by atoms with van der Waals surface area (Å²) in [5.41, 5.74) is 3.53. The van der Waals surface area contributed by atoms with Crippen LogP contribution in [0.2, 0.25) is 0 Å². The zero-order valence-corrected chi connectivity index (χ0v) is 14.9. The number of nitrogens with zero attached hydrogens (tertiary/aromatic N) is 1. The van der Waals surface area contributed by atoms with Gasteiger partial charge in [-0.1, -0.05) is 44.2 Å². The molecule has 3 aromatic rings. The van der Waals surface area contributed by atoms with Gasteiger partial charge in [0.05, 0.1) is 11.3 Å². The maximum absolute atomic E-state index is 11.0. The van der Waals surface area contributed by atoms with Crippen LogP contribution in [0.25, 0.3) is 11.3 Å². The van der Waals surface area contributed by atoms with Gasteiger partial charge in [-0.15, -0.1) is 11.3 Å². The highest BCUT2D eigenvalue weighted by molar-refractivity contribution is 7.09. The van der Waals surface area contributed by atoms with Crippen molar-refractivity contribution in [3.05, 3.63) is 70.0 Å². The summed E-state index contributed by atoms with van der Waals surface area (Å²) in [5, 5.41) is 11.9. The van der Waals surface area contributed by atoms with Crippen molar-refractivity contribution in [1.29, 1.82) is 0 Å². The molecule has 0 fully saturated rings. The lowest BCUT2D eigenvalue weighted by atomic mass is 10.0. The molecular formula is C20H19NO3S. The number of ether oxygens (including phenoxy) is 1. The number of hydrogen-bond donors (Lipinski definition) is 1. The van der Waals surface area contributed by atoms with Crippen LogP contribution < -0.4 is 4.74 Å². The highest BCUT2D eigenvalue weighted by Crippen LogP contribution is 2.25. The number of aromatic nitrogens is 1. The number of thiazole rings is 1. The number of rotatable bonds is 6. The van der Waals surface area contributed by atoms with E-state index in [-0.39, 0.29) is 5.56 Å². The van der Waals surface area contributed by atoms with Crippen LogP contribution in [0, 0.1) is 0 Å². The van der Waals surface area contributed by atoms with Gasteiger partial charge in [-0.3, -0.25) is 0 Å². The Labute approximate surface area is 150 Å². The van der Waals surface area contributed by atoms with E-state index in [9.17, 15) is 4.79 Å². The van der Waals surface area contributed by atoms with Crippen molar-refractivity contribution >= 4 is 17.3 Å². The third-order valence-corrected chi connectivity index (χ3v) is 4.69. The van der Waals surface area contributed by atoms with E-state index >= 15 is 0 Å². The standard InChI is InChI=1S/C20H19NO3S/c1-13(2)14-6-8-15(9-7-14)18-12-25-19(21-18)11-24-17-5-3-4-16(10-17)20(22)23/h3-10,12-13H,11H2,1-2H3,(H,22,23). The Morgan fingerprint density at radius 2 is 1.96 bits per heavy atom. The second-order valence-corrected chi connectivity index (χ2v) is 6.97. The first kappa shape index (κ1) is 17.2. The smallest absolute Gasteiger partial charge is 0.335 e. The number of aromatic carboxylic acids is 1. The van der Waals surface area contributed by atoms with E-state index < -0.39 is 5.97 Å². The van der Waals surface area contributed by atoms with Crippen LogP contribution >= 0.6 is 11.3 Å². The molecular weight excluding hydrogens is 334 g/mol. The highest BCUT2D eigenvalue weighted by Gasteiger charge is 2.08. The molecule has 0 radical (unpaired) electrons. The zero-order valence-electron chi connectivity index (χ0n) is 14.1. The first-order valence-corrected chi connectivity index (χ1v) is 8.92. The van der Waals surface area contributed by atoms with E-state index in [0.717, 1.165) is 16.3 Å². The Balaban J connectivity index is 1.67. The van der Waals surface area contributed by atoms with E-state index in [2.05, 4.69) is 43.1 Å². The van der Waals surface area contributed by atoms with Crippen LogP contribution in [0.15, 0.2) is 53.9 Å². The second-order valence-electron chi connectivity index (χ2n) is 6.02. The molecule has 0 aliphatic rings. The van der Waals surface area contributed by atoms with Gasteiger partial charge in [0.1, 0.15) is 17.4 Å². The molecule has 0 saturated heterocycles. The highest BCUT2D eigenvalue weighted by atomic mass is 32.1. The molecule has 1 heterocycles. The third-order valence-electron chi connectivity index (χ3n) is 3.87. The number of carboxylic acid groups (broad SMARTS) is 1. The molecule has 0 unspecified atom stereocenters.